The van der Waals surface area contributed by atoms with Crippen LogP contribution < -0.4 is 0 Å². The molecule has 1 aliphatic rings. The van der Waals surface area contributed by atoms with Gasteiger partial charge in [-0.05, 0) is 40.0 Å². The van der Waals surface area contributed by atoms with Crippen LogP contribution in [0.3, 0.4) is 0 Å². The minimum Gasteiger partial charge on any atom is -0.480 e. The summed E-state index contributed by atoms with van der Waals surface area (Å²) in [5.74, 6) is -0.747. The molecule has 0 radical (unpaired) electrons. The van der Waals surface area contributed by atoms with Crippen molar-refractivity contribution in [1.29, 1.82) is 0 Å². The Balaban J connectivity index is 2.70. The van der Waals surface area contributed by atoms with Crippen molar-refractivity contribution in [3.8, 4) is 0 Å². The first-order valence-corrected chi connectivity index (χ1v) is 6.49. The third-order valence-corrected chi connectivity index (χ3v) is 3.77. The Morgan fingerprint density at radius 1 is 1.59 bits per heavy atom. The maximum Gasteiger partial charge on any atom is 0.317 e. The number of ether oxygens (including phenoxy) is 1. The van der Waals surface area contributed by atoms with Crippen LogP contribution in [0.5, 0.6) is 0 Å². The fourth-order valence-electron chi connectivity index (χ4n) is 2.52. The Morgan fingerprint density at radius 3 is 2.71 bits per heavy atom. The summed E-state index contributed by atoms with van der Waals surface area (Å²) in [5.41, 5.74) is -0.0887. The highest BCUT2D eigenvalue weighted by atomic mass is 16.5. The summed E-state index contributed by atoms with van der Waals surface area (Å²) >= 11 is 0. The van der Waals surface area contributed by atoms with Gasteiger partial charge in [-0.1, -0.05) is 6.92 Å². The van der Waals surface area contributed by atoms with E-state index in [4.69, 9.17) is 9.84 Å². The second-order valence-electron chi connectivity index (χ2n) is 5.46. The average Bonchev–Trinajstić information content (AvgIpc) is 2.25. The van der Waals surface area contributed by atoms with E-state index in [-0.39, 0.29) is 18.2 Å². The predicted molar refractivity (Wildman–Crippen MR) is 67.1 cm³/mol. The smallest absolute Gasteiger partial charge is 0.317 e. The number of carboxylic acid groups (broad SMARTS) is 1. The van der Waals surface area contributed by atoms with Gasteiger partial charge in [-0.3, -0.25) is 9.69 Å². The summed E-state index contributed by atoms with van der Waals surface area (Å²) in [6, 6.07) is 0.583. The summed E-state index contributed by atoms with van der Waals surface area (Å²) in [6.45, 7) is 9.22. The topological polar surface area (TPSA) is 49.8 Å². The molecule has 0 aliphatic carbocycles. The zero-order valence-corrected chi connectivity index (χ0v) is 11.4. The Kier molecular flexibility index (Phi) is 4.95. The lowest BCUT2D eigenvalue weighted by Crippen LogP contribution is -2.51. The molecular weight excluding hydrogens is 218 g/mol. The van der Waals surface area contributed by atoms with Crippen molar-refractivity contribution >= 4 is 5.97 Å². The fourth-order valence-corrected chi connectivity index (χ4v) is 2.52. The van der Waals surface area contributed by atoms with Crippen molar-refractivity contribution in [3.05, 3.63) is 0 Å². The SMILES string of the molecule is CCC1(C)CC(N(CC(=O)O)C(C)C)CCO1. The van der Waals surface area contributed by atoms with Gasteiger partial charge < -0.3 is 9.84 Å². The first-order chi connectivity index (χ1) is 7.88. The van der Waals surface area contributed by atoms with Crippen LogP contribution in [0.2, 0.25) is 0 Å². The molecule has 1 fully saturated rings. The predicted octanol–water partition coefficient (Wildman–Crippen LogP) is 2.13. The minimum atomic E-state index is -0.747. The van der Waals surface area contributed by atoms with Crippen molar-refractivity contribution in [2.75, 3.05) is 13.2 Å². The molecule has 0 aromatic heterocycles. The summed E-state index contributed by atoms with van der Waals surface area (Å²) in [6.07, 6.45) is 2.83. The molecule has 0 amide bonds. The molecule has 0 aromatic rings. The lowest BCUT2D eigenvalue weighted by molar-refractivity contribution is -0.143. The zero-order valence-electron chi connectivity index (χ0n) is 11.4. The summed E-state index contributed by atoms with van der Waals surface area (Å²) < 4.78 is 5.81. The Bertz CT molecular complexity index is 267. The Morgan fingerprint density at radius 2 is 2.24 bits per heavy atom. The number of hydrogen-bond donors (Lipinski definition) is 1. The minimum absolute atomic E-state index is 0.0887. The number of carboxylic acids is 1. The number of hydrogen-bond acceptors (Lipinski definition) is 3. The van der Waals surface area contributed by atoms with E-state index in [1.807, 2.05) is 0 Å². The van der Waals surface area contributed by atoms with Gasteiger partial charge in [0.05, 0.1) is 12.1 Å². The largest absolute Gasteiger partial charge is 0.480 e. The molecule has 1 rings (SSSR count). The molecule has 4 heteroatoms. The molecule has 17 heavy (non-hydrogen) atoms. The Hall–Kier alpha value is -0.610. The summed E-state index contributed by atoms with van der Waals surface area (Å²) in [7, 11) is 0. The molecular formula is C13H25NO3. The van der Waals surface area contributed by atoms with Gasteiger partial charge in [0.15, 0.2) is 0 Å². The van der Waals surface area contributed by atoms with Gasteiger partial charge in [0.1, 0.15) is 0 Å². The van der Waals surface area contributed by atoms with Gasteiger partial charge in [-0.15, -0.1) is 0 Å². The molecule has 1 N–H and O–H groups in total. The maximum absolute atomic E-state index is 10.9. The highest BCUT2D eigenvalue weighted by Gasteiger charge is 2.35. The van der Waals surface area contributed by atoms with Crippen molar-refractivity contribution in [3.63, 3.8) is 0 Å². The number of aliphatic carboxylic acids is 1. The molecule has 1 saturated heterocycles. The van der Waals surface area contributed by atoms with Crippen molar-refractivity contribution < 1.29 is 14.6 Å². The van der Waals surface area contributed by atoms with E-state index in [1.165, 1.54) is 0 Å². The van der Waals surface area contributed by atoms with Crippen LogP contribution in [0.25, 0.3) is 0 Å². The third kappa shape index (κ3) is 3.96. The lowest BCUT2D eigenvalue weighted by atomic mass is 9.88. The quantitative estimate of drug-likeness (QED) is 0.803. The van der Waals surface area contributed by atoms with Crippen LogP contribution in [0, 0.1) is 0 Å². The first-order valence-electron chi connectivity index (χ1n) is 6.49. The Labute approximate surface area is 104 Å². The van der Waals surface area contributed by atoms with Crippen LogP contribution in [-0.2, 0) is 9.53 Å². The molecule has 100 valence electrons. The fraction of sp³-hybridized carbons (Fsp3) is 0.923. The van der Waals surface area contributed by atoms with Gasteiger partial charge >= 0.3 is 5.97 Å². The standard InChI is InChI=1S/C13H25NO3/c1-5-13(4)8-11(6-7-17-13)14(10(2)3)9-12(15)16/h10-11H,5-9H2,1-4H3,(H,15,16). The summed E-state index contributed by atoms with van der Waals surface area (Å²) in [5, 5.41) is 8.98. The van der Waals surface area contributed by atoms with E-state index in [2.05, 4.69) is 32.6 Å². The number of carbonyl (C=O) groups is 1. The van der Waals surface area contributed by atoms with Crippen LogP contribution in [-0.4, -0.2) is 46.8 Å². The molecule has 1 aliphatic heterocycles. The van der Waals surface area contributed by atoms with Gasteiger partial charge in [-0.25, -0.2) is 0 Å². The normalized spacial score (nSPS) is 29.9. The van der Waals surface area contributed by atoms with Crippen LogP contribution >= 0.6 is 0 Å². The van der Waals surface area contributed by atoms with Gasteiger partial charge in [0.2, 0.25) is 0 Å². The first kappa shape index (κ1) is 14.5. The van der Waals surface area contributed by atoms with Crippen molar-refractivity contribution in [1.82, 2.24) is 4.90 Å². The molecule has 4 nitrogen and oxygen atoms in total. The van der Waals surface area contributed by atoms with Crippen LogP contribution in [0.4, 0.5) is 0 Å². The van der Waals surface area contributed by atoms with E-state index in [0.717, 1.165) is 25.9 Å². The second kappa shape index (κ2) is 5.83. The number of rotatable bonds is 5. The van der Waals surface area contributed by atoms with Crippen molar-refractivity contribution in [2.24, 2.45) is 0 Å². The summed E-state index contributed by atoms with van der Waals surface area (Å²) in [4.78, 5) is 13.0. The van der Waals surface area contributed by atoms with E-state index in [9.17, 15) is 4.79 Å². The number of nitrogens with zero attached hydrogens (tertiary/aromatic N) is 1. The van der Waals surface area contributed by atoms with Gasteiger partial charge in [0, 0.05) is 18.7 Å². The van der Waals surface area contributed by atoms with E-state index in [1.54, 1.807) is 0 Å². The maximum atomic E-state index is 10.9. The lowest BCUT2D eigenvalue weighted by Gasteiger charge is -2.43. The zero-order chi connectivity index (χ0) is 13.1. The molecule has 2 atom stereocenters. The van der Waals surface area contributed by atoms with Crippen LogP contribution in [0.15, 0.2) is 0 Å². The van der Waals surface area contributed by atoms with Crippen molar-refractivity contribution in [2.45, 2.75) is 64.6 Å². The molecule has 0 bridgehead atoms. The molecule has 0 spiro atoms. The van der Waals surface area contributed by atoms with Gasteiger partial charge in [0.25, 0.3) is 0 Å². The van der Waals surface area contributed by atoms with Gasteiger partial charge in [-0.2, -0.15) is 0 Å². The van der Waals surface area contributed by atoms with E-state index < -0.39 is 5.97 Å². The molecule has 0 aromatic carbocycles. The monoisotopic (exact) mass is 243 g/mol. The molecule has 1 heterocycles. The molecule has 0 saturated carbocycles. The molecule has 2 unspecified atom stereocenters. The van der Waals surface area contributed by atoms with E-state index in [0.29, 0.717) is 6.04 Å². The highest BCUT2D eigenvalue weighted by Crippen LogP contribution is 2.31. The average molecular weight is 243 g/mol. The third-order valence-electron chi connectivity index (χ3n) is 3.77. The second-order valence-corrected chi connectivity index (χ2v) is 5.46. The van der Waals surface area contributed by atoms with E-state index >= 15 is 0 Å². The van der Waals surface area contributed by atoms with Crippen LogP contribution in [0.1, 0.15) is 47.0 Å². The highest BCUT2D eigenvalue weighted by molar-refractivity contribution is 5.69.